The second-order valence-electron chi connectivity index (χ2n) is 7.36. The molecule has 0 aromatic heterocycles. The van der Waals surface area contributed by atoms with Crippen LogP contribution in [0.4, 0.5) is 5.69 Å². The lowest BCUT2D eigenvalue weighted by atomic mass is 9.96. The van der Waals surface area contributed by atoms with Crippen LogP contribution in [0.1, 0.15) is 36.6 Å². The molecule has 1 atom stereocenters. The maximum absolute atomic E-state index is 11.0. The van der Waals surface area contributed by atoms with Crippen LogP contribution in [0.3, 0.4) is 0 Å². The molecule has 1 unspecified atom stereocenters. The molecule has 27 heavy (non-hydrogen) atoms. The first-order chi connectivity index (χ1) is 12.9. The van der Waals surface area contributed by atoms with Crippen molar-refractivity contribution in [3.05, 3.63) is 64.2 Å². The van der Waals surface area contributed by atoms with Crippen LogP contribution in [0.15, 0.2) is 42.5 Å². The molecule has 0 bridgehead atoms. The molecule has 0 radical (unpaired) electrons. The van der Waals surface area contributed by atoms with Gasteiger partial charge >= 0.3 is 5.97 Å². The van der Waals surface area contributed by atoms with Crippen molar-refractivity contribution in [1.82, 2.24) is 4.90 Å². The van der Waals surface area contributed by atoms with Crippen molar-refractivity contribution in [3.8, 4) is 0 Å². The van der Waals surface area contributed by atoms with Crippen molar-refractivity contribution >= 4 is 23.3 Å². The molecule has 0 saturated carbocycles. The third-order valence-electron chi connectivity index (χ3n) is 5.50. The van der Waals surface area contributed by atoms with Crippen LogP contribution < -0.4 is 4.90 Å². The molecule has 4 nitrogen and oxygen atoms in total. The lowest BCUT2D eigenvalue weighted by Crippen LogP contribution is -2.49. The number of anilines is 1. The Balaban J connectivity index is 1.77. The highest BCUT2D eigenvalue weighted by molar-refractivity contribution is 6.30. The molecule has 0 spiro atoms. The fourth-order valence-electron chi connectivity index (χ4n) is 3.73. The summed E-state index contributed by atoms with van der Waals surface area (Å²) in [5.41, 5.74) is 4.89. The number of halogens is 1. The number of nitrogens with zero attached hydrogens (tertiary/aromatic N) is 2. The second kappa shape index (κ2) is 8.32. The minimum Gasteiger partial charge on any atom is -0.481 e. The Morgan fingerprint density at radius 2 is 2.04 bits per heavy atom. The number of carboxylic acid groups (broad SMARTS) is 1. The van der Waals surface area contributed by atoms with E-state index in [1.165, 1.54) is 16.7 Å². The summed E-state index contributed by atoms with van der Waals surface area (Å²) >= 11 is 6.18. The van der Waals surface area contributed by atoms with Gasteiger partial charge in [0.15, 0.2) is 0 Å². The molecule has 5 heteroatoms. The lowest BCUT2D eigenvalue weighted by Gasteiger charge is -2.37. The number of likely N-dealkylation sites (tertiary alicyclic amines) is 1. The number of rotatable bonds is 7. The van der Waals surface area contributed by atoms with E-state index in [9.17, 15) is 4.79 Å². The fraction of sp³-hybridized carbons (Fsp3) is 0.409. The minimum absolute atomic E-state index is 0.217. The summed E-state index contributed by atoms with van der Waals surface area (Å²) in [6, 6.07) is 14.8. The summed E-state index contributed by atoms with van der Waals surface area (Å²) < 4.78 is 0. The van der Waals surface area contributed by atoms with Crippen LogP contribution in [0.5, 0.6) is 0 Å². The Hall–Kier alpha value is -2.04. The van der Waals surface area contributed by atoms with Gasteiger partial charge in [0.25, 0.3) is 0 Å². The molecule has 3 rings (SSSR count). The molecule has 1 N–H and O–H groups in total. The first-order valence-corrected chi connectivity index (χ1v) is 9.83. The molecule has 144 valence electrons. The standard InChI is InChI=1S/C22H27ClN2O2/c1-4-25(21-7-5-6-20(23)11-21)16(3)17-9-8-15(2)18(10-17)12-24-13-19(14-24)22(26)27/h5-11,16,19H,4,12-14H2,1-3H3,(H,26,27). The van der Waals surface area contributed by atoms with Gasteiger partial charge in [-0.05, 0) is 55.7 Å². The first-order valence-electron chi connectivity index (χ1n) is 9.45. The average molecular weight is 387 g/mol. The van der Waals surface area contributed by atoms with Crippen LogP contribution in [0.25, 0.3) is 0 Å². The van der Waals surface area contributed by atoms with Crippen LogP contribution in [-0.2, 0) is 11.3 Å². The quantitative estimate of drug-likeness (QED) is 0.745. The van der Waals surface area contributed by atoms with Gasteiger partial charge in [0.05, 0.1) is 12.0 Å². The maximum atomic E-state index is 11.0. The highest BCUT2D eigenvalue weighted by Gasteiger charge is 2.32. The number of carboxylic acids is 1. The van der Waals surface area contributed by atoms with Crippen molar-refractivity contribution in [3.63, 3.8) is 0 Å². The normalized spacial score (nSPS) is 16.0. The molecule has 0 aliphatic carbocycles. The molecule has 1 fully saturated rings. The van der Waals surface area contributed by atoms with Crippen LogP contribution in [-0.4, -0.2) is 35.6 Å². The smallest absolute Gasteiger partial charge is 0.309 e. The Labute approximate surface area is 166 Å². The van der Waals surface area contributed by atoms with E-state index in [0.29, 0.717) is 13.1 Å². The van der Waals surface area contributed by atoms with Gasteiger partial charge in [-0.15, -0.1) is 0 Å². The molecule has 2 aromatic carbocycles. The van der Waals surface area contributed by atoms with Gasteiger partial charge in [-0.2, -0.15) is 0 Å². The number of hydrogen-bond donors (Lipinski definition) is 1. The summed E-state index contributed by atoms with van der Waals surface area (Å²) in [5, 5.41) is 9.81. The summed E-state index contributed by atoms with van der Waals surface area (Å²) in [7, 11) is 0. The van der Waals surface area contributed by atoms with E-state index in [-0.39, 0.29) is 12.0 Å². The Morgan fingerprint density at radius 3 is 2.67 bits per heavy atom. The van der Waals surface area contributed by atoms with Crippen molar-refractivity contribution in [2.75, 3.05) is 24.5 Å². The highest BCUT2D eigenvalue weighted by Crippen LogP contribution is 2.30. The molecule has 1 saturated heterocycles. The van der Waals surface area contributed by atoms with Crippen molar-refractivity contribution in [1.29, 1.82) is 0 Å². The average Bonchev–Trinajstić information content (AvgIpc) is 2.59. The molecular formula is C22H27ClN2O2. The maximum Gasteiger partial charge on any atom is 0.309 e. The molecule has 1 aliphatic heterocycles. The number of hydrogen-bond acceptors (Lipinski definition) is 3. The number of aryl methyl sites for hydroxylation is 1. The minimum atomic E-state index is -0.689. The van der Waals surface area contributed by atoms with Gasteiger partial charge in [0.1, 0.15) is 0 Å². The van der Waals surface area contributed by atoms with E-state index >= 15 is 0 Å². The van der Waals surface area contributed by atoms with Gasteiger partial charge < -0.3 is 10.0 Å². The largest absolute Gasteiger partial charge is 0.481 e. The Morgan fingerprint density at radius 1 is 1.30 bits per heavy atom. The van der Waals surface area contributed by atoms with Gasteiger partial charge in [-0.3, -0.25) is 9.69 Å². The van der Waals surface area contributed by atoms with E-state index in [4.69, 9.17) is 16.7 Å². The summed E-state index contributed by atoms with van der Waals surface area (Å²) in [5.74, 6) is -0.906. The third kappa shape index (κ3) is 4.45. The van der Waals surface area contributed by atoms with Gasteiger partial charge in [0, 0.05) is 36.9 Å². The van der Waals surface area contributed by atoms with Crippen molar-refractivity contribution < 1.29 is 9.90 Å². The van der Waals surface area contributed by atoms with Crippen molar-refractivity contribution in [2.45, 2.75) is 33.4 Å². The zero-order valence-electron chi connectivity index (χ0n) is 16.2. The van der Waals surface area contributed by atoms with Crippen molar-refractivity contribution in [2.24, 2.45) is 5.92 Å². The summed E-state index contributed by atoms with van der Waals surface area (Å²) in [6.07, 6.45) is 0. The van der Waals surface area contributed by atoms with Crippen LogP contribution in [0, 0.1) is 12.8 Å². The van der Waals surface area contributed by atoms with Crippen LogP contribution >= 0.6 is 11.6 Å². The highest BCUT2D eigenvalue weighted by atomic mass is 35.5. The first kappa shape index (κ1) is 19.7. The van der Waals surface area contributed by atoms with Gasteiger partial charge in [-0.1, -0.05) is 35.9 Å². The van der Waals surface area contributed by atoms with E-state index in [2.05, 4.69) is 54.8 Å². The predicted octanol–water partition coefficient (Wildman–Crippen LogP) is 4.75. The Bertz CT molecular complexity index is 818. The molecular weight excluding hydrogens is 360 g/mol. The zero-order chi connectivity index (χ0) is 19.6. The van der Waals surface area contributed by atoms with E-state index < -0.39 is 5.97 Å². The van der Waals surface area contributed by atoms with Gasteiger partial charge in [-0.25, -0.2) is 0 Å². The number of aliphatic carboxylic acids is 1. The fourth-order valence-corrected chi connectivity index (χ4v) is 3.92. The van der Waals surface area contributed by atoms with E-state index in [1.54, 1.807) is 0 Å². The summed E-state index contributed by atoms with van der Waals surface area (Å²) in [6.45, 7) is 9.45. The Kier molecular flexibility index (Phi) is 6.08. The topological polar surface area (TPSA) is 43.8 Å². The number of carbonyl (C=O) groups is 1. The molecule has 2 aromatic rings. The number of benzene rings is 2. The zero-order valence-corrected chi connectivity index (χ0v) is 16.9. The predicted molar refractivity (Wildman–Crippen MR) is 110 cm³/mol. The monoisotopic (exact) mass is 386 g/mol. The SMILES string of the molecule is CCN(c1cccc(Cl)c1)C(C)c1ccc(C)c(CN2CC(C(=O)O)C2)c1. The molecule has 1 aliphatic rings. The van der Waals surface area contributed by atoms with E-state index in [1.807, 2.05) is 18.2 Å². The third-order valence-corrected chi connectivity index (χ3v) is 5.74. The van der Waals surface area contributed by atoms with Crippen LogP contribution in [0.2, 0.25) is 5.02 Å². The lowest BCUT2D eigenvalue weighted by molar-refractivity contribution is -0.147. The second-order valence-corrected chi connectivity index (χ2v) is 7.79. The molecule has 1 heterocycles. The molecule has 0 amide bonds. The summed E-state index contributed by atoms with van der Waals surface area (Å²) in [4.78, 5) is 15.6. The van der Waals surface area contributed by atoms with E-state index in [0.717, 1.165) is 23.8 Å². The van der Waals surface area contributed by atoms with Gasteiger partial charge in [0.2, 0.25) is 0 Å².